The zero-order valence-corrected chi connectivity index (χ0v) is 14.6. The van der Waals surface area contributed by atoms with Gasteiger partial charge in [0, 0.05) is 5.56 Å². The first-order valence-corrected chi connectivity index (χ1v) is 8.56. The lowest BCUT2D eigenvalue weighted by atomic mass is 10.0. The van der Waals surface area contributed by atoms with Crippen molar-refractivity contribution in [2.24, 2.45) is 5.10 Å². The third-order valence-electron chi connectivity index (χ3n) is 4.32. The summed E-state index contributed by atoms with van der Waals surface area (Å²) >= 11 is 0. The summed E-state index contributed by atoms with van der Waals surface area (Å²) in [6.07, 6.45) is 1.33. The van der Waals surface area contributed by atoms with Crippen molar-refractivity contribution in [3.8, 4) is 0 Å². The van der Waals surface area contributed by atoms with E-state index in [-0.39, 0.29) is 5.91 Å². The molecule has 1 N–H and O–H groups in total. The van der Waals surface area contributed by atoms with E-state index in [4.69, 9.17) is 0 Å². The summed E-state index contributed by atoms with van der Waals surface area (Å²) in [5.74, 6) is -0.108. The van der Waals surface area contributed by atoms with Gasteiger partial charge in [-0.05, 0) is 35.2 Å². The van der Waals surface area contributed by atoms with E-state index in [9.17, 15) is 4.79 Å². The minimum Gasteiger partial charge on any atom is -0.273 e. The molecule has 1 amide bonds. The van der Waals surface area contributed by atoms with Crippen LogP contribution in [0.15, 0.2) is 71.8 Å². The van der Waals surface area contributed by atoms with E-state index in [1.165, 1.54) is 5.56 Å². The van der Waals surface area contributed by atoms with Crippen LogP contribution in [0.3, 0.4) is 0 Å². The van der Waals surface area contributed by atoms with Gasteiger partial charge in [-0.3, -0.25) is 4.79 Å². The van der Waals surface area contributed by atoms with E-state index in [0.717, 1.165) is 34.0 Å². The van der Waals surface area contributed by atoms with Crippen molar-refractivity contribution in [3.63, 3.8) is 0 Å². The Balaban J connectivity index is 1.70. The second kappa shape index (κ2) is 7.75. The Morgan fingerprint density at radius 1 is 0.920 bits per heavy atom. The van der Waals surface area contributed by atoms with Crippen molar-refractivity contribution in [1.82, 2.24) is 5.43 Å². The van der Waals surface area contributed by atoms with Crippen molar-refractivity contribution >= 4 is 22.4 Å². The lowest BCUT2D eigenvalue weighted by Crippen LogP contribution is -2.21. The van der Waals surface area contributed by atoms with Crippen LogP contribution in [-0.2, 0) is 17.6 Å². The van der Waals surface area contributed by atoms with Crippen LogP contribution in [0.5, 0.6) is 0 Å². The van der Waals surface area contributed by atoms with Gasteiger partial charge in [0.25, 0.3) is 0 Å². The molecule has 0 radical (unpaired) electrons. The van der Waals surface area contributed by atoms with E-state index in [0.29, 0.717) is 6.42 Å². The summed E-state index contributed by atoms with van der Waals surface area (Å²) in [6, 6.07) is 22.4. The summed E-state index contributed by atoms with van der Waals surface area (Å²) in [5.41, 5.74) is 6.77. The lowest BCUT2D eigenvalue weighted by Gasteiger charge is -2.07. The van der Waals surface area contributed by atoms with Crippen LogP contribution in [0.4, 0.5) is 0 Å². The van der Waals surface area contributed by atoms with Crippen molar-refractivity contribution in [3.05, 3.63) is 83.4 Å². The van der Waals surface area contributed by atoms with E-state index in [1.807, 2.05) is 43.3 Å². The first-order valence-electron chi connectivity index (χ1n) is 8.56. The maximum atomic E-state index is 12.1. The van der Waals surface area contributed by atoms with Gasteiger partial charge in [-0.15, -0.1) is 0 Å². The number of rotatable bonds is 5. The number of benzene rings is 3. The molecule has 0 bridgehead atoms. The fourth-order valence-corrected chi connectivity index (χ4v) is 2.87. The highest BCUT2D eigenvalue weighted by Crippen LogP contribution is 2.19. The molecule has 0 saturated carbocycles. The largest absolute Gasteiger partial charge is 0.273 e. The Bertz CT molecular complexity index is 905. The molecule has 0 aliphatic carbocycles. The molecule has 0 atom stereocenters. The average Bonchev–Trinajstić information content (AvgIpc) is 2.66. The number of hydrazone groups is 1. The molecule has 0 aliphatic heterocycles. The number of aryl methyl sites for hydroxylation is 1. The van der Waals surface area contributed by atoms with Crippen molar-refractivity contribution in [1.29, 1.82) is 0 Å². The maximum absolute atomic E-state index is 12.1. The predicted molar refractivity (Wildman–Crippen MR) is 104 cm³/mol. The fourth-order valence-electron chi connectivity index (χ4n) is 2.87. The third kappa shape index (κ3) is 4.13. The van der Waals surface area contributed by atoms with Gasteiger partial charge in [0.2, 0.25) is 5.91 Å². The van der Waals surface area contributed by atoms with Crippen LogP contribution in [0.2, 0.25) is 0 Å². The molecular weight excluding hydrogens is 308 g/mol. The highest BCUT2D eigenvalue weighted by molar-refractivity contribution is 6.09. The molecule has 0 aliphatic rings. The minimum absolute atomic E-state index is 0.108. The van der Waals surface area contributed by atoms with Crippen molar-refractivity contribution < 1.29 is 4.79 Å². The smallest absolute Gasteiger partial charge is 0.244 e. The fraction of sp³-hybridized carbons (Fsp3) is 0.182. The number of hydrogen-bond donors (Lipinski definition) is 1. The SMILES string of the molecule is CCc1ccc(CC(=O)N/N=C(/C)c2cccc3ccccc23)cc1. The van der Waals surface area contributed by atoms with Gasteiger partial charge in [-0.1, -0.05) is 73.7 Å². The number of carbonyl (C=O) groups excluding carboxylic acids is 1. The maximum Gasteiger partial charge on any atom is 0.244 e. The van der Waals surface area contributed by atoms with Crippen molar-refractivity contribution in [2.75, 3.05) is 0 Å². The van der Waals surface area contributed by atoms with Gasteiger partial charge in [0.15, 0.2) is 0 Å². The van der Waals surface area contributed by atoms with Crippen LogP contribution in [0.1, 0.15) is 30.5 Å². The number of nitrogens with zero attached hydrogens (tertiary/aromatic N) is 1. The van der Waals surface area contributed by atoms with Gasteiger partial charge >= 0.3 is 0 Å². The molecule has 3 rings (SSSR count). The normalized spacial score (nSPS) is 11.5. The standard InChI is InChI=1S/C22H22N2O/c1-3-17-11-13-18(14-12-17)15-22(25)24-23-16(2)20-10-6-8-19-7-4-5-9-21(19)20/h4-14H,3,15H2,1-2H3,(H,24,25)/b23-16-. The molecular formula is C22H22N2O. The van der Waals surface area contributed by atoms with Crippen LogP contribution >= 0.6 is 0 Å². The summed E-state index contributed by atoms with van der Waals surface area (Å²) in [4.78, 5) is 12.1. The Hall–Kier alpha value is -2.94. The number of fused-ring (bicyclic) bond motifs is 1. The number of hydrogen-bond acceptors (Lipinski definition) is 2. The highest BCUT2D eigenvalue weighted by Gasteiger charge is 2.06. The predicted octanol–water partition coefficient (Wildman–Crippen LogP) is 4.49. The number of nitrogens with one attached hydrogen (secondary N) is 1. The molecule has 3 heteroatoms. The molecule has 0 saturated heterocycles. The van der Waals surface area contributed by atoms with E-state index in [2.05, 4.69) is 47.8 Å². The molecule has 3 aromatic rings. The first-order chi connectivity index (χ1) is 12.2. The minimum atomic E-state index is -0.108. The van der Waals surface area contributed by atoms with Crippen LogP contribution in [0.25, 0.3) is 10.8 Å². The molecule has 126 valence electrons. The summed E-state index contributed by atoms with van der Waals surface area (Å²) in [5, 5.41) is 6.59. The zero-order valence-electron chi connectivity index (χ0n) is 14.6. The van der Waals surface area contributed by atoms with Gasteiger partial charge in [-0.2, -0.15) is 5.10 Å². The average molecular weight is 330 g/mol. The molecule has 25 heavy (non-hydrogen) atoms. The van der Waals surface area contributed by atoms with E-state index >= 15 is 0 Å². The monoisotopic (exact) mass is 330 g/mol. The Morgan fingerprint density at radius 2 is 1.60 bits per heavy atom. The topological polar surface area (TPSA) is 41.5 Å². The summed E-state index contributed by atoms with van der Waals surface area (Å²) < 4.78 is 0. The van der Waals surface area contributed by atoms with E-state index in [1.54, 1.807) is 0 Å². The zero-order chi connectivity index (χ0) is 17.6. The Morgan fingerprint density at radius 3 is 2.36 bits per heavy atom. The van der Waals surface area contributed by atoms with Crippen molar-refractivity contribution in [2.45, 2.75) is 26.7 Å². The van der Waals surface area contributed by atoms with Crippen LogP contribution in [0, 0.1) is 0 Å². The Labute approximate surface area is 148 Å². The summed E-state index contributed by atoms with van der Waals surface area (Å²) in [6.45, 7) is 4.03. The van der Waals surface area contributed by atoms with Gasteiger partial charge in [0.1, 0.15) is 0 Å². The van der Waals surface area contributed by atoms with Crippen LogP contribution in [-0.4, -0.2) is 11.6 Å². The third-order valence-corrected chi connectivity index (χ3v) is 4.32. The van der Waals surface area contributed by atoms with Gasteiger partial charge in [-0.25, -0.2) is 5.43 Å². The summed E-state index contributed by atoms with van der Waals surface area (Å²) in [7, 11) is 0. The highest BCUT2D eigenvalue weighted by atomic mass is 16.2. The second-order valence-corrected chi connectivity index (χ2v) is 6.11. The quantitative estimate of drug-likeness (QED) is 0.544. The number of carbonyl (C=O) groups is 1. The molecule has 3 nitrogen and oxygen atoms in total. The molecule has 0 unspecified atom stereocenters. The second-order valence-electron chi connectivity index (χ2n) is 6.11. The Kier molecular flexibility index (Phi) is 5.24. The molecule has 0 heterocycles. The van der Waals surface area contributed by atoms with E-state index < -0.39 is 0 Å². The lowest BCUT2D eigenvalue weighted by molar-refractivity contribution is -0.120. The molecule has 3 aromatic carbocycles. The first kappa shape index (κ1) is 16.9. The molecule has 0 spiro atoms. The number of amides is 1. The molecule has 0 aromatic heterocycles. The molecule has 0 fully saturated rings. The van der Waals surface area contributed by atoms with Gasteiger partial charge < -0.3 is 0 Å². The van der Waals surface area contributed by atoms with Crippen LogP contribution < -0.4 is 5.43 Å². The van der Waals surface area contributed by atoms with Gasteiger partial charge in [0.05, 0.1) is 12.1 Å².